The summed E-state index contributed by atoms with van der Waals surface area (Å²) in [6, 6.07) is 21.9. The van der Waals surface area contributed by atoms with Gasteiger partial charge in [-0.3, -0.25) is 10.1 Å². The number of aliphatic hydroxyl groups is 1. The molecule has 3 N–H and O–H groups in total. The van der Waals surface area contributed by atoms with Crippen LogP contribution < -0.4 is 15.4 Å². The average Bonchev–Trinajstić information content (AvgIpc) is 3.21. The number of hydrogen-bond donors (Lipinski definition) is 3. The van der Waals surface area contributed by atoms with Gasteiger partial charge in [0.1, 0.15) is 5.75 Å². The highest BCUT2D eigenvalue weighted by molar-refractivity contribution is 6.03. The molecule has 0 spiro atoms. The van der Waals surface area contributed by atoms with Gasteiger partial charge in [0.05, 0.1) is 5.69 Å². The van der Waals surface area contributed by atoms with Gasteiger partial charge in [-0.2, -0.15) is 9.67 Å². The van der Waals surface area contributed by atoms with E-state index in [2.05, 4.69) is 25.5 Å². The third kappa shape index (κ3) is 5.70. The summed E-state index contributed by atoms with van der Waals surface area (Å²) in [4.78, 5) is 16.9. The van der Waals surface area contributed by atoms with Crippen LogP contribution in [0.1, 0.15) is 22.1 Å². The van der Waals surface area contributed by atoms with Crippen LogP contribution in [0.2, 0.25) is 0 Å². The van der Waals surface area contributed by atoms with Gasteiger partial charge in [-0.25, -0.2) is 0 Å². The number of carbonyl (C=O) groups is 1. The van der Waals surface area contributed by atoms with Gasteiger partial charge in [0.25, 0.3) is 5.91 Å². The van der Waals surface area contributed by atoms with Crippen molar-refractivity contribution in [3.8, 4) is 11.4 Å². The zero-order valence-electron chi connectivity index (χ0n) is 17.4. The largest absolute Gasteiger partial charge is 0.573 e. The number of benzene rings is 3. The summed E-state index contributed by atoms with van der Waals surface area (Å²) < 4.78 is 42.5. The molecule has 1 amide bonds. The monoisotopic (exact) mass is 469 g/mol. The predicted octanol–water partition coefficient (Wildman–Crippen LogP) is 4.52. The minimum Gasteiger partial charge on any atom is -0.406 e. The number of carbonyl (C=O) groups excluding carboxylic acids is 1. The lowest BCUT2D eigenvalue weighted by Crippen LogP contribution is -2.17. The molecular weight excluding hydrogens is 451 g/mol. The molecule has 0 aliphatic carbocycles. The van der Waals surface area contributed by atoms with Crippen molar-refractivity contribution in [1.82, 2.24) is 14.8 Å². The van der Waals surface area contributed by atoms with Gasteiger partial charge in [0.2, 0.25) is 11.9 Å². The Morgan fingerprint density at radius 2 is 1.56 bits per heavy atom. The number of amides is 1. The van der Waals surface area contributed by atoms with E-state index in [0.29, 0.717) is 16.8 Å². The van der Waals surface area contributed by atoms with Crippen LogP contribution in [0.5, 0.6) is 5.75 Å². The standard InChI is InChI=1S/C23H18F3N5O3/c24-23(25,26)34-18-13-11-17(12-14-18)31-22(28-20(33)16-9-5-2-6-10-16)29-21(30-31)27-19(32)15-7-3-1-4-8-15/h1-14,19,32H,(H2,27,28,29,30,33). The lowest BCUT2D eigenvalue weighted by atomic mass is 10.2. The predicted molar refractivity (Wildman–Crippen MR) is 117 cm³/mol. The molecule has 0 saturated heterocycles. The van der Waals surface area contributed by atoms with Crippen molar-refractivity contribution >= 4 is 17.8 Å². The van der Waals surface area contributed by atoms with Gasteiger partial charge < -0.3 is 15.2 Å². The lowest BCUT2D eigenvalue weighted by molar-refractivity contribution is -0.274. The molecule has 1 unspecified atom stereocenters. The minimum absolute atomic E-state index is 0.0129. The average molecular weight is 469 g/mol. The Morgan fingerprint density at radius 1 is 0.941 bits per heavy atom. The maximum atomic E-state index is 12.7. The van der Waals surface area contributed by atoms with Crippen molar-refractivity contribution in [2.24, 2.45) is 0 Å². The molecule has 0 saturated carbocycles. The maximum absolute atomic E-state index is 12.7. The normalized spacial score (nSPS) is 12.1. The summed E-state index contributed by atoms with van der Waals surface area (Å²) >= 11 is 0. The quantitative estimate of drug-likeness (QED) is 0.344. The van der Waals surface area contributed by atoms with Crippen LogP contribution in [0.25, 0.3) is 5.69 Å². The van der Waals surface area contributed by atoms with Crippen molar-refractivity contribution in [3.63, 3.8) is 0 Å². The van der Waals surface area contributed by atoms with E-state index in [-0.39, 0.29) is 11.9 Å². The number of aliphatic hydroxyl groups excluding tert-OH is 1. The van der Waals surface area contributed by atoms with Crippen LogP contribution in [0.3, 0.4) is 0 Å². The van der Waals surface area contributed by atoms with E-state index in [4.69, 9.17) is 0 Å². The Balaban J connectivity index is 1.63. The first kappa shape index (κ1) is 22.8. The number of rotatable bonds is 7. The fourth-order valence-corrected chi connectivity index (χ4v) is 3.03. The number of halogens is 3. The molecule has 0 aliphatic rings. The van der Waals surface area contributed by atoms with Crippen molar-refractivity contribution in [2.45, 2.75) is 12.6 Å². The molecule has 4 aromatic rings. The summed E-state index contributed by atoms with van der Waals surface area (Å²) in [5.41, 5.74) is 1.22. The Bertz CT molecular complexity index is 1250. The second-order valence-electron chi connectivity index (χ2n) is 6.99. The first-order chi connectivity index (χ1) is 16.3. The highest BCUT2D eigenvalue weighted by atomic mass is 19.4. The first-order valence-corrected chi connectivity index (χ1v) is 9.98. The summed E-state index contributed by atoms with van der Waals surface area (Å²) in [5.74, 6) is -0.915. The van der Waals surface area contributed by atoms with E-state index < -0.39 is 24.2 Å². The van der Waals surface area contributed by atoms with Crippen LogP contribution in [0.4, 0.5) is 25.1 Å². The number of aromatic nitrogens is 3. The molecule has 1 aromatic heterocycles. The molecule has 1 heterocycles. The van der Waals surface area contributed by atoms with Gasteiger partial charge in [0.15, 0.2) is 6.23 Å². The lowest BCUT2D eigenvalue weighted by Gasteiger charge is -2.11. The van der Waals surface area contributed by atoms with Gasteiger partial charge in [0, 0.05) is 11.1 Å². The topological polar surface area (TPSA) is 101 Å². The number of ether oxygens (including phenoxy) is 1. The zero-order valence-corrected chi connectivity index (χ0v) is 17.4. The van der Waals surface area contributed by atoms with Gasteiger partial charge in [-0.1, -0.05) is 48.5 Å². The number of nitrogens with zero attached hydrogens (tertiary/aromatic N) is 3. The minimum atomic E-state index is -4.83. The number of nitrogens with one attached hydrogen (secondary N) is 2. The maximum Gasteiger partial charge on any atom is 0.573 e. The fourth-order valence-electron chi connectivity index (χ4n) is 3.03. The smallest absolute Gasteiger partial charge is 0.406 e. The van der Waals surface area contributed by atoms with E-state index in [0.717, 1.165) is 12.1 Å². The highest BCUT2D eigenvalue weighted by Crippen LogP contribution is 2.25. The van der Waals surface area contributed by atoms with E-state index in [1.165, 1.54) is 16.8 Å². The van der Waals surface area contributed by atoms with Crippen LogP contribution in [-0.4, -0.2) is 32.1 Å². The number of alkyl halides is 3. The molecule has 0 fully saturated rings. The molecule has 4 rings (SSSR count). The Hall–Kier alpha value is -4.38. The highest BCUT2D eigenvalue weighted by Gasteiger charge is 2.31. The van der Waals surface area contributed by atoms with Crippen LogP contribution in [-0.2, 0) is 0 Å². The summed E-state index contributed by atoms with van der Waals surface area (Å²) in [6.45, 7) is 0. The van der Waals surface area contributed by atoms with Gasteiger partial charge >= 0.3 is 6.36 Å². The van der Waals surface area contributed by atoms with E-state index in [1.54, 1.807) is 60.7 Å². The summed E-state index contributed by atoms with van der Waals surface area (Å²) in [5, 5.41) is 20.1. The molecule has 174 valence electrons. The Labute approximate surface area is 191 Å². The third-order valence-electron chi connectivity index (χ3n) is 4.56. The fraction of sp³-hybridized carbons (Fsp3) is 0.0870. The molecule has 11 heteroatoms. The van der Waals surface area contributed by atoms with Crippen molar-refractivity contribution in [1.29, 1.82) is 0 Å². The van der Waals surface area contributed by atoms with E-state index in [9.17, 15) is 23.1 Å². The molecule has 8 nitrogen and oxygen atoms in total. The van der Waals surface area contributed by atoms with Crippen molar-refractivity contribution in [3.05, 3.63) is 96.1 Å². The molecule has 3 aromatic carbocycles. The number of anilines is 2. The molecular formula is C23H18F3N5O3. The van der Waals surface area contributed by atoms with Crippen molar-refractivity contribution < 1.29 is 27.8 Å². The van der Waals surface area contributed by atoms with Crippen LogP contribution in [0, 0.1) is 0 Å². The van der Waals surface area contributed by atoms with E-state index in [1.807, 2.05) is 0 Å². The van der Waals surface area contributed by atoms with E-state index >= 15 is 0 Å². The molecule has 34 heavy (non-hydrogen) atoms. The number of hydrogen-bond acceptors (Lipinski definition) is 6. The summed E-state index contributed by atoms with van der Waals surface area (Å²) in [7, 11) is 0. The first-order valence-electron chi connectivity index (χ1n) is 9.98. The van der Waals surface area contributed by atoms with Crippen molar-refractivity contribution in [2.75, 3.05) is 10.6 Å². The van der Waals surface area contributed by atoms with Gasteiger partial charge in [-0.15, -0.1) is 18.3 Å². The second kappa shape index (κ2) is 9.63. The molecule has 0 radical (unpaired) electrons. The second-order valence-corrected chi connectivity index (χ2v) is 6.99. The molecule has 1 atom stereocenters. The van der Waals surface area contributed by atoms with Crippen LogP contribution in [0.15, 0.2) is 84.9 Å². The van der Waals surface area contributed by atoms with Crippen LogP contribution >= 0.6 is 0 Å². The Kier molecular flexibility index (Phi) is 6.46. The van der Waals surface area contributed by atoms with Gasteiger partial charge in [-0.05, 0) is 36.4 Å². The molecule has 0 aliphatic heterocycles. The Morgan fingerprint density at radius 3 is 2.18 bits per heavy atom. The SMILES string of the molecule is O=C(Nc1nc(NC(O)c2ccccc2)nn1-c1ccc(OC(F)(F)F)cc1)c1ccccc1. The molecule has 0 bridgehead atoms. The third-order valence-corrected chi connectivity index (χ3v) is 4.56. The zero-order chi connectivity index (χ0) is 24.1. The summed E-state index contributed by atoms with van der Waals surface area (Å²) in [6.07, 6.45) is -5.97.